The zero-order valence-electron chi connectivity index (χ0n) is 8.45. The number of hydrogen-bond donors (Lipinski definition) is 2. The van der Waals surface area contributed by atoms with Crippen molar-refractivity contribution in [1.29, 1.82) is 0 Å². The van der Waals surface area contributed by atoms with Crippen molar-refractivity contribution in [2.45, 2.75) is 16.2 Å². The second-order valence-electron chi connectivity index (χ2n) is 3.25. The molecular formula is C10H8F3N3S. The van der Waals surface area contributed by atoms with Crippen molar-refractivity contribution in [3.05, 3.63) is 36.2 Å². The van der Waals surface area contributed by atoms with E-state index in [0.29, 0.717) is 5.16 Å². The molecule has 1 aromatic heterocycles. The van der Waals surface area contributed by atoms with Crippen molar-refractivity contribution in [1.82, 2.24) is 9.97 Å². The minimum Gasteiger partial charge on any atom is -0.399 e. The Morgan fingerprint density at radius 1 is 1.29 bits per heavy atom. The molecule has 0 aliphatic carbocycles. The number of alkyl halides is 3. The fraction of sp³-hybridized carbons (Fsp3) is 0.100. The average Bonchev–Trinajstić information content (AvgIpc) is 2.72. The minimum atomic E-state index is -4.43. The topological polar surface area (TPSA) is 54.7 Å². The molecule has 0 saturated carbocycles. The minimum absolute atomic E-state index is 0.0710. The Balaban J connectivity index is 2.40. The Morgan fingerprint density at radius 2 is 2.06 bits per heavy atom. The fourth-order valence-electron chi connectivity index (χ4n) is 1.27. The standard InChI is InChI=1S/C10H8F3N3S/c11-10(12,13)7-5-6(14)1-2-8(7)17-9-15-3-4-16-9/h1-5H,14H2,(H,15,16). The van der Waals surface area contributed by atoms with E-state index in [4.69, 9.17) is 5.73 Å². The van der Waals surface area contributed by atoms with Crippen LogP contribution in [0.1, 0.15) is 5.56 Å². The summed E-state index contributed by atoms with van der Waals surface area (Å²) in [6.07, 6.45) is -1.40. The number of imidazole rings is 1. The molecule has 90 valence electrons. The molecule has 1 heterocycles. The summed E-state index contributed by atoms with van der Waals surface area (Å²) in [5, 5.41) is 0.403. The normalized spacial score (nSPS) is 11.7. The van der Waals surface area contributed by atoms with Crippen LogP contribution in [0.25, 0.3) is 0 Å². The molecule has 0 fully saturated rings. The van der Waals surface area contributed by atoms with Gasteiger partial charge in [0.2, 0.25) is 0 Å². The zero-order chi connectivity index (χ0) is 12.5. The van der Waals surface area contributed by atoms with Gasteiger partial charge in [0.1, 0.15) is 0 Å². The molecule has 0 radical (unpaired) electrons. The van der Waals surface area contributed by atoms with Crippen LogP contribution in [0.2, 0.25) is 0 Å². The van der Waals surface area contributed by atoms with Gasteiger partial charge in [-0.1, -0.05) is 11.8 Å². The van der Waals surface area contributed by atoms with Gasteiger partial charge in [-0.3, -0.25) is 0 Å². The number of nitrogens with one attached hydrogen (secondary N) is 1. The average molecular weight is 259 g/mol. The van der Waals surface area contributed by atoms with E-state index in [9.17, 15) is 13.2 Å². The third-order valence-electron chi connectivity index (χ3n) is 1.99. The summed E-state index contributed by atoms with van der Waals surface area (Å²) in [6, 6.07) is 3.69. The molecule has 0 aliphatic rings. The molecule has 2 aromatic rings. The van der Waals surface area contributed by atoms with Crippen LogP contribution in [0.4, 0.5) is 18.9 Å². The van der Waals surface area contributed by atoms with Gasteiger partial charge in [-0.25, -0.2) is 4.98 Å². The smallest absolute Gasteiger partial charge is 0.399 e. The van der Waals surface area contributed by atoms with Gasteiger partial charge in [-0.2, -0.15) is 13.2 Å². The molecule has 7 heteroatoms. The first kappa shape index (κ1) is 11.8. The predicted molar refractivity (Wildman–Crippen MR) is 58.6 cm³/mol. The van der Waals surface area contributed by atoms with E-state index in [2.05, 4.69) is 9.97 Å². The SMILES string of the molecule is Nc1ccc(Sc2ncc[nH]2)c(C(F)(F)F)c1. The van der Waals surface area contributed by atoms with Crippen LogP contribution in [0.3, 0.4) is 0 Å². The Bertz CT molecular complexity index is 508. The Morgan fingerprint density at radius 3 is 2.65 bits per heavy atom. The first-order valence-corrected chi connectivity index (χ1v) is 5.42. The predicted octanol–water partition coefficient (Wildman–Crippen LogP) is 3.16. The Labute approximate surface area is 99.2 Å². The number of H-pyrrole nitrogens is 1. The molecule has 17 heavy (non-hydrogen) atoms. The third-order valence-corrected chi connectivity index (χ3v) is 2.98. The van der Waals surface area contributed by atoms with E-state index in [0.717, 1.165) is 17.8 Å². The van der Waals surface area contributed by atoms with Crippen LogP contribution in [0.15, 0.2) is 40.6 Å². The number of nitrogens with two attached hydrogens (primary N) is 1. The van der Waals surface area contributed by atoms with Crippen LogP contribution < -0.4 is 5.73 Å². The van der Waals surface area contributed by atoms with Crippen molar-refractivity contribution in [2.24, 2.45) is 0 Å². The van der Waals surface area contributed by atoms with Crippen LogP contribution in [0, 0.1) is 0 Å². The maximum Gasteiger partial charge on any atom is 0.417 e. The Hall–Kier alpha value is -1.63. The van der Waals surface area contributed by atoms with Gasteiger partial charge < -0.3 is 10.7 Å². The zero-order valence-corrected chi connectivity index (χ0v) is 9.27. The lowest BCUT2D eigenvalue weighted by molar-refractivity contribution is -0.139. The van der Waals surface area contributed by atoms with Gasteiger partial charge in [0.25, 0.3) is 0 Å². The van der Waals surface area contributed by atoms with Crippen molar-refractivity contribution < 1.29 is 13.2 Å². The molecule has 0 atom stereocenters. The molecule has 0 spiro atoms. The van der Waals surface area contributed by atoms with Crippen molar-refractivity contribution in [3.63, 3.8) is 0 Å². The molecule has 0 unspecified atom stereocenters. The van der Waals surface area contributed by atoms with E-state index in [1.807, 2.05) is 0 Å². The highest BCUT2D eigenvalue weighted by Crippen LogP contribution is 2.39. The largest absolute Gasteiger partial charge is 0.417 e. The Kier molecular flexibility index (Phi) is 3.01. The number of hydrogen-bond acceptors (Lipinski definition) is 3. The number of aromatic nitrogens is 2. The number of benzene rings is 1. The number of nitrogens with zero attached hydrogens (tertiary/aromatic N) is 1. The van der Waals surface area contributed by atoms with E-state index in [1.165, 1.54) is 18.3 Å². The first-order valence-electron chi connectivity index (χ1n) is 4.61. The molecule has 1 aromatic carbocycles. The second kappa shape index (κ2) is 4.33. The molecule has 0 bridgehead atoms. The molecule has 3 nitrogen and oxygen atoms in total. The van der Waals surface area contributed by atoms with E-state index >= 15 is 0 Å². The number of nitrogen functional groups attached to an aromatic ring is 1. The van der Waals surface area contributed by atoms with E-state index < -0.39 is 11.7 Å². The number of halogens is 3. The lowest BCUT2D eigenvalue weighted by Gasteiger charge is -2.12. The molecular weight excluding hydrogens is 251 g/mol. The fourth-order valence-corrected chi connectivity index (χ4v) is 2.14. The van der Waals surface area contributed by atoms with Gasteiger partial charge in [-0.05, 0) is 18.2 Å². The molecule has 0 aliphatic heterocycles. The van der Waals surface area contributed by atoms with Gasteiger partial charge in [0.15, 0.2) is 5.16 Å². The summed E-state index contributed by atoms with van der Waals surface area (Å²) in [6.45, 7) is 0. The molecule has 3 N–H and O–H groups in total. The number of aromatic amines is 1. The van der Waals surface area contributed by atoms with Crippen molar-refractivity contribution in [2.75, 3.05) is 5.73 Å². The van der Waals surface area contributed by atoms with Gasteiger partial charge in [0.05, 0.1) is 5.56 Å². The van der Waals surface area contributed by atoms with Gasteiger partial charge in [-0.15, -0.1) is 0 Å². The lowest BCUT2D eigenvalue weighted by atomic mass is 10.2. The van der Waals surface area contributed by atoms with E-state index in [-0.39, 0.29) is 10.6 Å². The van der Waals surface area contributed by atoms with Gasteiger partial charge >= 0.3 is 6.18 Å². The lowest BCUT2D eigenvalue weighted by Crippen LogP contribution is -2.07. The third kappa shape index (κ3) is 2.73. The highest BCUT2D eigenvalue weighted by molar-refractivity contribution is 7.99. The summed E-state index contributed by atoms with van der Waals surface area (Å²) >= 11 is 0.914. The van der Waals surface area contributed by atoms with Crippen LogP contribution in [-0.4, -0.2) is 9.97 Å². The van der Waals surface area contributed by atoms with Crippen LogP contribution >= 0.6 is 11.8 Å². The number of rotatable bonds is 2. The summed E-state index contributed by atoms with van der Waals surface area (Å²) < 4.78 is 38.3. The summed E-state index contributed by atoms with van der Waals surface area (Å²) in [5.74, 6) is 0. The molecule has 0 saturated heterocycles. The van der Waals surface area contributed by atoms with Crippen LogP contribution in [-0.2, 0) is 6.18 Å². The van der Waals surface area contributed by atoms with Crippen molar-refractivity contribution in [3.8, 4) is 0 Å². The van der Waals surface area contributed by atoms with E-state index in [1.54, 1.807) is 6.20 Å². The first-order chi connectivity index (χ1) is 7.97. The maximum absolute atomic E-state index is 12.8. The van der Waals surface area contributed by atoms with Crippen LogP contribution in [0.5, 0.6) is 0 Å². The molecule has 2 rings (SSSR count). The quantitative estimate of drug-likeness (QED) is 0.814. The number of anilines is 1. The monoisotopic (exact) mass is 259 g/mol. The second-order valence-corrected chi connectivity index (χ2v) is 4.28. The summed E-state index contributed by atoms with van der Waals surface area (Å²) in [4.78, 5) is 6.67. The summed E-state index contributed by atoms with van der Waals surface area (Å²) in [7, 11) is 0. The summed E-state index contributed by atoms with van der Waals surface area (Å²) in [5.41, 5.74) is 4.70. The van der Waals surface area contributed by atoms with Gasteiger partial charge in [0, 0.05) is 23.0 Å². The van der Waals surface area contributed by atoms with Crippen molar-refractivity contribution >= 4 is 17.4 Å². The highest BCUT2D eigenvalue weighted by atomic mass is 32.2. The molecule has 0 amide bonds. The maximum atomic E-state index is 12.8. The highest BCUT2D eigenvalue weighted by Gasteiger charge is 2.34.